The van der Waals surface area contributed by atoms with Gasteiger partial charge < -0.3 is 0 Å². The molecule has 172 valence electrons. The molecular formula is C33H40. The molecule has 33 heavy (non-hydrogen) atoms. The average molecular weight is 437 g/mol. The van der Waals surface area contributed by atoms with Crippen molar-refractivity contribution in [3.05, 3.63) is 95.6 Å². The zero-order valence-corrected chi connectivity index (χ0v) is 20.4. The lowest BCUT2D eigenvalue weighted by Crippen LogP contribution is -2.30. The predicted molar refractivity (Wildman–Crippen MR) is 142 cm³/mol. The van der Waals surface area contributed by atoms with Gasteiger partial charge in [0.05, 0.1) is 0 Å². The van der Waals surface area contributed by atoms with Crippen LogP contribution < -0.4 is 0 Å². The standard InChI is InChI=1S/C33H40/c1-3-5-7-9-29-18-21-33-25-32(23-22-31(33)24-29)30-19-16-28(17-20-30)15-14-27-12-10-26(11-13-27)8-6-4-2/h3-5,10-13,16-17,19-20,29,31-33H,2,6-9,18,21-25H2,1H3/b5-3+. The van der Waals surface area contributed by atoms with Crippen LogP contribution in [0.2, 0.25) is 0 Å². The minimum atomic E-state index is 0.746. The van der Waals surface area contributed by atoms with Crippen molar-refractivity contribution in [2.75, 3.05) is 0 Å². The van der Waals surface area contributed by atoms with E-state index in [1.807, 2.05) is 6.08 Å². The van der Waals surface area contributed by atoms with E-state index >= 15 is 0 Å². The normalized spacial score (nSPS) is 24.6. The summed E-state index contributed by atoms with van der Waals surface area (Å²) in [5.74, 6) is 10.3. The summed E-state index contributed by atoms with van der Waals surface area (Å²) in [5.41, 5.74) is 5.08. The van der Waals surface area contributed by atoms with Gasteiger partial charge in [0.25, 0.3) is 0 Å². The lowest BCUT2D eigenvalue weighted by atomic mass is 9.63. The smallest absolute Gasteiger partial charge is 0.0249 e. The van der Waals surface area contributed by atoms with Gasteiger partial charge in [-0.05, 0) is 124 Å². The van der Waals surface area contributed by atoms with Gasteiger partial charge in [-0.2, -0.15) is 0 Å². The van der Waals surface area contributed by atoms with Crippen LogP contribution >= 0.6 is 0 Å². The molecule has 2 fully saturated rings. The average Bonchev–Trinajstić information content (AvgIpc) is 2.87. The Morgan fingerprint density at radius 3 is 2.18 bits per heavy atom. The van der Waals surface area contributed by atoms with Crippen molar-refractivity contribution in [1.29, 1.82) is 0 Å². The molecule has 4 atom stereocenters. The lowest BCUT2D eigenvalue weighted by Gasteiger charge is -2.42. The molecule has 0 nitrogen and oxygen atoms in total. The number of allylic oxidation sites excluding steroid dienone is 3. The van der Waals surface area contributed by atoms with Gasteiger partial charge in [0.2, 0.25) is 0 Å². The van der Waals surface area contributed by atoms with Gasteiger partial charge in [-0.3, -0.25) is 0 Å². The first-order chi connectivity index (χ1) is 16.2. The van der Waals surface area contributed by atoms with Crippen LogP contribution in [-0.2, 0) is 6.42 Å². The van der Waals surface area contributed by atoms with E-state index in [4.69, 9.17) is 0 Å². The summed E-state index contributed by atoms with van der Waals surface area (Å²) in [5, 5.41) is 0. The molecule has 0 spiro atoms. The van der Waals surface area contributed by atoms with Gasteiger partial charge in [-0.15, -0.1) is 6.58 Å². The molecule has 0 aromatic heterocycles. The summed E-state index contributed by atoms with van der Waals surface area (Å²) < 4.78 is 0. The number of hydrogen-bond donors (Lipinski definition) is 0. The maximum atomic E-state index is 3.80. The summed E-state index contributed by atoms with van der Waals surface area (Å²) >= 11 is 0. The first-order valence-corrected chi connectivity index (χ1v) is 13.2. The third-order valence-corrected chi connectivity index (χ3v) is 8.02. The summed E-state index contributed by atoms with van der Waals surface area (Å²) in [6.07, 6.45) is 19.9. The van der Waals surface area contributed by atoms with Gasteiger partial charge >= 0.3 is 0 Å². The fourth-order valence-electron chi connectivity index (χ4n) is 6.06. The Balaban J connectivity index is 1.30. The van der Waals surface area contributed by atoms with Crippen LogP contribution in [-0.4, -0.2) is 0 Å². The molecule has 2 aromatic carbocycles. The van der Waals surface area contributed by atoms with Crippen molar-refractivity contribution in [2.45, 2.75) is 77.0 Å². The Bertz CT molecular complexity index is 963. The highest BCUT2D eigenvalue weighted by molar-refractivity contribution is 5.44. The number of aryl methyl sites for hydroxylation is 1. The first-order valence-electron chi connectivity index (χ1n) is 13.2. The number of hydrogen-bond acceptors (Lipinski definition) is 0. The molecule has 0 radical (unpaired) electrons. The highest BCUT2D eigenvalue weighted by atomic mass is 14.4. The maximum Gasteiger partial charge on any atom is 0.0249 e. The second kappa shape index (κ2) is 12.1. The maximum absolute atomic E-state index is 3.80. The van der Waals surface area contributed by atoms with Gasteiger partial charge in [0.1, 0.15) is 0 Å². The predicted octanol–water partition coefficient (Wildman–Crippen LogP) is 8.86. The number of rotatable bonds is 7. The molecule has 4 unspecified atom stereocenters. The molecule has 0 bridgehead atoms. The van der Waals surface area contributed by atoms with Gasteiger partial charge in [0, 0.05) is 11.1 Å². The summed E-state index contributed by atoms with van der Waals surface area (Å²) in [4.78, 5) is 0. The molecule has 2 aliphatic rings. The van der Waals surface area contributed by atoms with E-state index in [9.17, 15) is 0 Å². The zero-order chi connectivity index (χ0) is 22.9. The largest absolute Gasteiger partial charge is 0.103 e. The third-order valence-electron chi connectivity index (χ3n) is 8.02. The lowest BCUT2D eigenvalue weighted by molar-refractivity contribution is 0.115. The Labute approximate surface area is 202 Å². The highest BCUT2D eigenvalue weighted by Gasteiger charge is 2.35. The third kappa shape index (κ3) is 6.74. The van der Waals surface area contributed by atoms with Crippen LogP contribution in [0.1, 0.15) is 92.9 Å². The Kier molecular flexibility index (Phi) is 8.65. The second-order valence-corrected chi connectivity index (χ2v) is 10.3. The van der Waals surface area contributed by atoms with Crippen molar-refractivity contribution in [3.63, 3.8) is 0 Å². The molecule has 0 N–H and O–H groups in total. The molecule has 0 heterocycles. The van der Waals surface area contributed by atoms with Gasteiger partial charge in [0.15, 0.2) is 0 Å². The summed E-state index contributed by atoms with van der Waals surface area (Å²) in [7, 11) is 0. The Morgan fingerprint density at radius 2 is 1.48 bits per heavy atom. The van der Waals surface area contributed by atoms with E-state index in [2.05, 4.69) is 86.0 Å². The molecule has 2 aromatic rings. The first kappa shape index (κ1) is 23.6. The van der Waals surface area contributed by atoms with Crippen molar-refractivity contribution in [3.8, 4) is 11.8 Å². The SMILES string of the molecule is C=CCCc1ccc(C#Cc2ccc(C3CCC4CC(CC/C=C/C)CCC4C3)cc2)cc1. The fraction of sp³-hybridized carbons (Fsp3) is 0.455. The van der Waals surface area contributed by atoms with Crippen molar-refractivity contribution in [1.82, 2.24) is 0 Å². The van der Waals surface area contributed by atoms with E-state index in [0.717, 1.165) is 47.6 Å². The molecule has 0 aliphatic heterocycles. The summed E-state index contributed by atoms with van der Waals surface area (Å²) in [6, 6.07) is 17.8. The van der Waals surface area contributed by atoms with Gasteiger partial charge in [-0.1, -0.05) is 60.8 Å². The van der Waals surface area contributed by atoms with E-state index in [0.29, 0.717) is 0 Å². The van der Waals surface area contributed by atoms with E-state index in [1.165, 1.54) is 62.5 Å². The Hall–Kier alpha value is -2.52. The summed E-state index contributed by atoms with van der Waals surface area (Å²) in [6.45, 7) is 5.94. The molecule has 0 saturated heterocycles. The highest BCUT2D eigenvalue weighted by Crippen LogP contribution is 2.48. The number of benzene rings is 2. The van der Waals surface area contributed by atoms with Crippen LogP contribution in [0.4, 0.5) is 0 Å². The van der Waals surface area contributed by atoms with Crippen LogP contribution in [0, 0.1) is 29.6 Å². The minimum absolute atomic E-state index is 0.746. The molecule has 2 aliphatic carbocycles. The van der Waals surface area contributed by atoms with Crippen molar-refractivity contribution < 1.29 is 0 Å². The van der Waals surface area contributed by atoms with Crippen molar-refractivity contribution in [2.24, 2.45) is 17.8 Å². The molecular weight excluding hydrogens is 396 g/mol. The fourth-order valence-corrected chi connectivity index (χ4v) is 6.06. The quantitative estimate of drug-likeness (QED) is 0.300. The number of fused-ring (bicyclic) bond motifs is 1. The van der Waals surface area contributed by atoms with Crippen LogP contribution in [0.25, 0.3) is 0 Å². The molecule has 0 heteroatoms. The van der Waals surface area contributed by atoms with E-state index in [1.54, 1.807) is 0 Å². The van der Waals surface area contributed by atoms with Gasteiger partial charge in [-0.25, -0.2) is 0 Å². The van der Waals surface area contributed by atoms with E-state index in [-0.39, 0.29) is 0 Å². The van der Waals surface area contributed by atoms with Crippen LogP contribution in [0.15, 0.2) is 73.3 Å². The minimum Gasteiger partial charge on any atom is -0.103 e. The van der Waals surface area contributed by atoms with Crippen LogP contribution in [0.5, 0.6) is 0 Å². The van der Waals surface area contributed by atoms with Crippen LogP contribution in [0.3, 0.4) is 0 Å². The second-order valence-electron chi connectivity index (χ2n) is 10.3. The monoisotopic (exact) mass is 436 g/mol. The molecule has 2 saturated carbocycles. The Morgan fingerprint density at radius 1 is 0.818 bits per heavy atom. The molecule has 4 rings (SSSR count). The molecule has 0 amide bonds. The zero-order valence-electron chi connectivity index (χ0n) is 20.4. The topological polar surface area (TPSA) is 0 Å². The van der Waals surface area contributed by atoms with E-state index < -0.39 is 0 Å². The van der Waals surface area contributed by atoms with Crippen molar-refractivity contribution >= 4 is 0 Å².